The van der Waals surface area contributed by atoms with Gasteiger partial charge in [-0.25, -0.2) is 16.8 Å². The lowest BCUT2D eigenvalue weighted by Gasteiger charge is -2.11. The van der Waals surface area contributed by atoms with Crippen molar-refractivity contribution in [2.75, 3.05) is 11.8 Å². The Morgan fingerprint density at radius 1 is 0.759 bits per heavy atom. The second kappa shape index (κ2) is 8.23. The molecule has 0 spiro atoms. The number of sulfone groups is 1. The predicted molar refractivity (Wildman–Crippen MR) is 112 cm³/mol. The monoisotopic (exact) mass is 471 g/mol. The standard InChI is InChI=1S/C19H15Cl2NO5S2/c1-27-14-7-5-13(6-8-14)22-29(25,26)17-4-2-3-15(11-17)28(23,24)16-9-10-18(20)19(21)12-16/h2-12,22H,1H3. The van der Waals surface area contributed by atoms with Crippen LogP contribution in [-0.2, 0) is 19.9 Å². The summed E-state index contributed by atoms with van der Waals surface area (Å²) >= 11 is 11.7. The molecule has 0 aliphatic carbocycles. The number of anilines is 1. The summed E-state index contributed by atoms with van der Waals surface area (Å²) in [5.41, 5.74) is 0.309. The molecule has 0 bridgehead atoms. The van der Waals surface area contributed by atoms with Gasteiger partial charge in [0.05, 0.1) is 31.8 Å². The Kier molecular flexibility index (Phi) is 6.09. The third kappa shape index (κ3) is 4.67. The predicted octanol–water partition coefficient (Wildman–Crippen LogP) is 4.64. The number of benzene rings is 3. The number of rotatable bonds is 6. The van der Waals surface area contributed by atoms with Crippen molar-refractivity contribution in [2.45, 2.75) is 14.7 Å². The van der Waals surface area contributed by atoms with Gasteiger partial charge in [0.25, 0.3) is 10.0 Å². The number of ether oxygens (including phenoxy) is 1. The molecule has 0 aliphatic rings. The first-order valence-corrected chi connectivity index (χ1v) is 11.8. The molecule has 3 aromatic rings. The van der Waals surface area contributed by atoms with Crippen molar-refractivity contribution < 1.29 is 21.6 Å². The Morgan fingerprint density at radius 2 is 1.38 bits per heavy atom. The second-order valence-electron chi connectivity index (χ2n) is 5.89. The van der Waals surface area contributed by atoms with Crippen molar-refractivity contribution in [3.8, 4) is 5.75 Å². The number of hydrogen-bond acceptors (Lipinski definition) is 5. The highest BCUT2D eigenvalue weighted by Gasteiger charge is 2.22. The van der Waals surface area contributed by atoms with E-state index in [9.17, 15) is 16.8 Å². The Hall–Kier alpha value is -2.26. The molecule has 0 aromatic heterocycles. The molecule has 0 saturated carbocycles. The van der Waals surface area contributed by atoms with Gasteiger partial charge in [-0.15, -0.1) is 0 Å². The first kappa shape index (κ1) is 21.4. The SMILES string of the molecule is COc1ccc(NS(=O)(=O)c2cccc(S(=O)(=O)c3ccc(Cl)c(Cl)c3)c2)cc1. The molecule has 152 valence electrons. The second-order valence-corrected chi connectivity index (χ2v) is 10.3. The molecule has 0 atom stereocenters. The summed E-state index contributed by atoms with van der Waals surface area (Å²) < 4.78 is 58.6. The third-order valence-corrected chi connectivity index (χ3v) is 7.84. The lowest BCUT2D eigenvalue weighted by molar-refractivity contribution is 0.415. The maximum Gasteiger partial charge on any atom is 0.261 e. The summed E-state index contributed by atoms with van der Waals surface area (Å²) in [6.45, 7) is 0. The molecule has 6 nitrogen and oxygen atoms in total. The third-order valence-electron chi connectivity index (χ3n) is 3.97. The van der Waals surface area contributed by atoms with Gasteiger partial charge >= 0.3 is 0 Å². The van der Waals surface area contributed by atoms with Crippen LogP contribution in [0.1, 0.15) is 0 Å². The van der Waals surface area contributed by atoms with Crippen LogP contribution in [0.15, 0.2) is 81.4 Å². The van der Waals surface area contributed by atoms with Crippen LogP contribution in [0.25, 0.3) is 0 Å². The van der Waals surface area contributed by atoms with Gasteiger partial charge in [-0.1, -0.05) is 29.3 Å². The molecule has 0 amide bonds. The van der Waals surface area contributed by atoms with Gasteiger partial charge in [0.15, 0.2) is 0 Å². The number of sulfonamides is 1. The molecular weight excluding hydrogens is 457 g/mol. The summed E-state index contributed by atoms with van der Waals surface area (Å²) in [6, 6.07) is 15.2. The number of halogens is 2. The van der Waals surface area contributed by atoms with Gasteiger partial charge in [0.1, 0.15) is 5.75 Å². The zero-order valence-corrected chi connectivity index (χ0v) is 18.1. The van der Waals surface area contributed by atoms with Crippen molar-refractivity contribution >= 4 is 48.7 Å². The van der Waals surface area contributed by atoms with Crippen LogP contribution in [0.5, 0.6) is 5.75 Å². The lowest BCUT2D eigenvalue weighted by Crippen LogP contribution is -2.13. The fourth-order valence-electron chi connectivity index (χ4n) is 2.46. The van der Waals surface area contributed by atoms with Crippen LogP contribution in [-0.4, -0.2) is 23.9 Å². The average molecular weight is 472 g/mol. The van der Waals surface area contributed by atoms with Crippen LogP contribution in [0.4, 0.5) is 5.69 Å². The van der Waals surface area contributed by atoms with Crippen LogP contribution in [0, 0.1) is 0 Å². The lowest BCUT2D eigenvalue weighted by atomic mass is 10.3. The van der Waals surface area contributed by atoms with E-state index in [1.807, 2.05) is 0 Å². The van der Waals surface area contributed by atoms with Gasteiger partial charge in [0, 0.05) is 5.69 Å². The van der Waals surface area contributed by atoms with E-state index in [-0.39, 0.29) is 24.7 Å². The van der Waals surface area contributed by atoms with Gasteiger partial charge in [-0.2, -0.15) is 0 Å². The van der Waals surface area contributed by atoms with Gasteiger partial charge in [0.2, 0.25) is 9.84 Å². The molecule has 1 N–H and O–H groups in total. The molecular formula is C19H15Cl2NO5S2. The first-order valence-electron chi connectivity index (χ1n) is 8.10. The number of nitrogens with one attached hydrogen (secondary N) is 1. The van der Waals surface area contributed by atoms with Crippen molar-refractivity contribution in [3.05, 3.63) is 76.8 Å². The Bertz CT molecular complexity index is 1260. The van der Waals surface area contributed by atoms with Crippen molar-refractivity contribution in [1.29, 1.82) is 0 Å². The molecule has 10 heteroatoms. The van der Waals surface area contributed by atoms with Crippen molar-refractivity contribution in [3.63, 3.8) is 0 Å². The number of hydrogen-bond donors (Lipinski definition) is 1. The smallest absolute Gasteiger partial charge is 0.261 e. The maximum atomic E-state index is 12.9. The number of methoxy groups -OCH3 is 1. The van der Waals surface area contributed by atoms with E-state index in [2.05, 4.69) is 4.72 Å². The molecule has 3 rings (SSSR count). The molecule has 0 saturated heterocycles. The largest absolute Gasteiger partial charge is 0.497 e. The average Bonchev–Trinajstić information content (AvgIpc) is 2.70. The molecule has 3 aromatic carbocycles. The zero-order chi connectivity index (χ0) is 21.2. The van der Waals surface area contributed by atoms with E-state index in [0.717, 1.165) is 6.07 Å². The van der Waals surface area contributed by atoms with E-state index in [0.29, 0.717) is 11.4 Å². The highest BCUT2D eigenvalue weighted by atomic mass is 35.5. The summed E-state index contributed by atoms with van der Waals surface area (Å²) in [5.74, 6) is 0.572. The molecule has 0 unspecified atom stereocenters. The zero-order valence-electron chi connectivity index (χ0n) is 15.0. The van der Waals surface area contributed by atoms with E-state index in [1.54, 1.807) is 12.1 Å². The minimum Gasteiger partial charge on any atom is -0.497 e. The highest BCUT2D eigenvalue weighted by molar-refractivity contribution is 7.93. The summed E-state index contributed by atoms with van der Waals surface area (Å²) in [4.78, 5) is -0.479. The quantitative estimate of drug-likeness (QED) is 0.565. The van der Waals surface area contributed by atoms with Gasteiger partial charge < -0.3 is 4.74 Å². The minimum absolute atomic E-state index is 0.0812. The van der Waals surface area contributed by atoms with Gasteiger partial charge in [-0.3, -0.25) is 4.72 Å². The van der Waals surface area contributed by atoms with Crippen molar-refractivity contribution in [1.82, 2.24) is 0 Å². The summed E-state index contributed by atoms with van der Waals surface area (Å²) in [5, 5.41) is 0.295. The first-order chi connectivity index (χ1) is 13.6. The Balaban J connectivity index is 1.96. The summed E-state index contributed by atoms with van der Waals surface area (Å²) in [7, 11) is -6.51. The van der Waals surface area contributed by atoms with E-state index in [4.69, 9.17) is 27.9 Å². The van der Waals surface area contributed by atoms with Crippen LogP contribution in [0.3, 0.4) is 0 Å². The Morgan fingerprint density at radius 3 is 2.00 bits per heavy atom. The van der Waals surface area contributed by atoms with Crippen LogP contribution < -0.4 is 9.46 Å². The van der Waals surface area contributed by atoms with E-state index >= 15 is 0 Å². The maximum absolute atomic E-state index is 12.9. The van der Waals surface area contributed by atoms with E-state index in [1.165, 1.54) is 55.6 Å². The molecule has 0 fully saturated rings. The fraction of sp³-hybridized carbons (Fsp3) is 0.0526. The Labute approximate surface area is 179 Å². The summed E-state index contributed by atoms with van der Waals surface area (Å²) in [6.07, 6.45) is 0. The van der Waals surface area contributed by atoms with Crippen molar-refractivity contribution in [2.24, 2.45) is 0 Å². The molecule has 29 heavy (non-hydrogen) atoms. The molecule has 0 heterocycles. The van der Waals surface area contributed by atoms with Gasteiger partial charge in [-0.05, 0) is 60.7 Å². The van der Waals surface area contributed by atoms with E-state index < -0.39 is 19.9 Å². The molecule has 0 aliphatic heterocycles. The minimum atomic E-state index is -4.02. The highest BCUT2D eigenvalue weighted by Crippen LogP contribution is 2.29. The van der Waals surface area contributed by atoms with Crippen LogP contribution in [0.2, 0.25) is 10.0 Å². The molecule has 0 radical (unpaired) electrons. The fourth-order valence-corrected chi connectivity index (χ4v) is 5.34. The van der Waals surface area contributed by atoms with Crippen LogP contribution >= 0.6 is 23.2 Å². The topological polar surface area (TPSA) is 89.5 Å². The normalized spacial score (nSPS) is 11.8.